The van der Waals surface area contributed by atoms with Crippen LogP contribution in [0.1, 0.15) is 21.1 Å². The van der Waals surface area contributed by atoms with Crippen LogP contribution in [-0.4, -0.2) is 10.9 Å². The normalized spacial score (nSPS) is 9.95. The smallest absolute Gasteiger partial charge is 0.275 e. The van der Waals surface area contributed by atoms with Gasteiger partial charge in [-0.2, -0.15) is 5.26 Å². The molecule has 0 aliphatic carbocycles. The number of benzene rings is 1. The van der Waals surface area contributed by atoms with Crippen LogP contribution in [-0.2, 0) is 6.54 Å². The Labute approximate surface area is 122 Å². The zero-order valence-electron chi connectivity index (χ0n) is 9.68. The minimum atomic E-state index is -0.304. The summed E-state index contributed by atoms with van der Waals surface area (Å²) in [6.45, 7) is 0.318. The van der Waals surface area contributed by atoms with Crippen molar-refractivity contribution >= 4 is 38.9 Å². The van der Waals surface area contributed by atoms with E-state index in [0.717, 1.165) is 0 Å². The zero-order chi connectivity index (χ0) is 13.8. The number of amides is 1. The van der Waals surface area contributed by atoms with Crippen molar-refractivity contribution in [3.05, 3.63) is 44.3 Å². The first kappa shape index (κ1) is 13.7. The van der Waals surface area contributed by atoms with E-state index in [1.165, 1.54) is 11.3 Å². The maximum absolute atomic E-state index is 12.0. The summed E-state index contributed by atoms with van der Waals surface area (Å²) in [5.74, 6) is -0.304. The second-order valence-electron chi connectivity index (χ2n) is 3.59. The Morgan fingerprint density at radius 3 is 2.95 bits per heavy atom. The molecule has 0 atom stereocenters. The highest BCUT2D eigenvalue weighted by molar-refractivity contribution is 9.10. The predicted octanol–water partition coefficient (Wildman–Crippen LogP) is 2.49. The number of thiazole rings is 1. The third kappa shape index (κ3) is 3.17. The second kappa shape index (κ2) is 5.93. The van der Waals surface area contributed by atoms with Crippen LogP contribution in [0.2, 0.25) is 0 Å². The van der Waals surface area contributed by atoms with Crippen LogP contribution in [0.25, 0.3) is 0 Å². The second-order valence-corrected chi connectivity index (χ2v) is 5.39. The first-order valence-electron chi connectivity index (χ1n) is 5.29. The van der Waals surface area contributed by atoms with Gasteiger partial charge in [0.1, 0.15) is 10.7 Å². The molecule has 0 saturated heterocycles. The van der Waals surface area contributed by atoms with E-state index in [4.69, 9.17) is 11.0 Å². The van der Waals surface area contributed by atoms with Crippen LogP contribution in [0.5, 0.6) is 0 Å². The predicted molar refractivity (Wildman–Crippen MR) is 76.8 cm³/mol. The lowest BCUT2D eigenvalue weighted by molar-refractivity contribution is 0.102. The molecule has 0 unspecified atom stereocenters. The maximum atomic E-state index is 12.0. The number of nitrogens with zero attached hydrogens (tertiary/aromatic N) is 2. The van der Waals surface area contributed by atoms with Gasteiger partial charge in [0, 0.05) is 16.4 Å². The highest BCUT2D eigenvalue weighted by Gasteiger charge is 2.12. The number of anilines is 1. The summed E-state index contributed by atoms with van der Waals surface area (Å²) < 4.78 is 0.647. The Hall–Kier alpha value is -1.75. The Balaban J connectivity index is 2.17. The number of carbonyl (C=O) groups excluding carboxylic acids is 1. The Morgan fingerprint density at radius 1 is 1.58 bits per heavy atom. The minimum absolute atomic E-state index is 0.304. The summed E-state index contributed by atoms with van der Waals surface area (Å²) in [6.07, 6.45) is 0. The van der Waals surface area contributed by atoms with Gasteiger partial charge in [-0.15, -0.1) is 11.3 Å². The van der Waals surface area contributed by atoms with Crippen LogP contribution < -0.4 is 11.1 Å². The van der Waals surface area contributed by atoms with E-state index in [1.807, 2.05) is 6.07 Å². The number of nitrogens with one attached hydrogen (secondary N) is 1. The largest absolute Gasteiger partial charge is 0.325 e. The van der Waals surface area contributed by atoms with E-state index in [9.17, 15) is 4.79 Å². The number of carbonyl (C=O) groups is 1. The molecule has 0 fully saturated rings. The monoisotopic (exact) mass is 336 g/mol. The average molecular weight is 337 g/mol. The number of rotatable bonds is 3. The molecule has 1 aromatic carbocycles. The van der Waals surface area contributed by atoms with E-state index in [0.29, 0.717) is 33.0 Å². The third-order valence-electron chi connectivity index (χ3n) is 2.31. The van der Waals surface area contributed by atoms with Crippen molar-refractivity contribution in [1.29, 1.82) is 5.26 Å². The molecule has 5 nitrogen and oxygen atoms in total. The molecule has 0 spiro atoms. The molecule has 1 heterocycles. The Kier molecular flexibility index (Phi) is 4.27. The van der Waals surface area contributed by atoms with Gasteiger partial charge in [0.05, 0.1) is 17.3 Å². The van der Waals surface area contributed by atoms with Crippen LogP contribution in [0.4, 0.5) is 5.69 Å². The molecule has 0 radical (unpaired) electrons. The number of halogens is 1. The molecule has 0 bridgehead atoms. The fourth-order valence-electron chi connectivity index (χ4n) is 1.38. The summed E-state index contributed by atoms with van der Waals surface area (Å²) in [5.41, 5.74) is 6.89. The van der Waals surface area contributed by atoms with Crippen molar-refractivity contribution < 1.29 is 4.79 Å². The topological polar surface area (TPSA) is 91.8 Å². The van der Waals surface area contributed by atoms with Gasteiger partial charge in [0.15, 0.2) is 0 Å². The van der Waals surface area contributed by atoms with Gasteiger partial charge in [-0.3, -0.25) is 4.79 Å². The number of hydrogen-bond acceptors (Lipinski definition) is 5. The van der Waals surface area contributed by atoms with Crippen molar-refractivity contribution in [2.45, 2.75) is 6.54 Å². The van der Waals surface area contributed by atoms with Crippen molar-refractivity contribution in [2.75, 3.05) is 5.32 Å². The highest BCUT2D eigenvalue weighted by Crippen LogP contribution is 2.24. The molecule has 19 heavy (non-hydrogen) atoms. The van der Waals surface area contributed by atoms with E-state index in [-0.39, 0.29) is 5.91 Å². The van der Waals surface area contributed by atoms with E-state index in [1.54, 1.807) is 23.6 Å². The molecule has 0 aliphatic rings. The van der Waals surface area contributed by atoms with Gasteiger partial charge in [0.2, 0.25) is 0 Å². The molecule has 3 N–H and O–H groups in total. The van der Waals surface area contributed by atoms with Gasteiger partial charge in [0.25, 0.3) is 5.91 Å². The first-order chi connectivity index (χ1) is 9.13. The number of nitrogens with two attached hydrogens (primary N) is 1. The number of nitriles is 1. The molecule has 1 aromatic heterocycles. The summed E-state index contributed by atoms with van der Waals surface area (Å²) >= 11 is 4.65. The van der Waals surface area contributed by atoms with Gasteiger partial charge in [-0.1, -0.05) is 0 Å². The minimum Gasteiger partial charge on any atom is -0.325 e. The summed E-state index contributed by atoms with van der Waals surface area (Å²) in [6, 6.07) is 6.96. The molecule has 0 aliphatic heterocycles. The van der Waals surface area contributed by atoms with Crippen molar-refractivity contribution in [3.8, 4) is 6.07 Å². The van der Waals surface area contributed by atoms with Crippen LogP contribution in [0.15, 0.2) is 28.1 Å². The van der Waals surface area contributed by atoms with E-state index in [2.05, 4.69) is 26.2 Å². The van der Waals surface area contributed by atoms with E-state index < -0.39 is 0 Å². The molecule has 2 rings (SSSR count). The van der Waals surface area contributed by atoms with Crippen molar-refractivity contribution in [1.82, 2.24) is 4.98 Å². The lowest BCUT2D eigenvalue weighted by Gasteiger charge is -2.05. The summed E-state index contributed by atoms with van der Waals surface area (Å²) in [5, 5.41) is 13.9. The lowest BCUT2D eigenvalue weighted by atomic mass is 10.2. The van der Waals surface area contributed by atoms with Crippen LogP contribution in [0.3, 0.4) is 0 Å². The SMILES string of the molecule is N#Cc1ccc(NC(=O)c2csc(CN)n2)c(Br)c1. The molecule has 2 aromatic rings. The maximum Gasteiger partial charge on any atom is 0.275 e. The van der Waals surface area contributed by atoms with Gasteiger partial charge in [-0.25, -0.2) is 4.98 Å². The highest BCUT2D eigenvalue weighted by atomic mass is 79.9. The number of hydrogen-bond donors (Lipinski definition) is 2. The molecular weight excluding hydrogens is 328 g/mol. The fraction of sp³-hybridized carbons (Fsp3) is 0.0833. The molecule has 96 valence electrons. The number of aromatic nitrogens is 1. The van der Waals surface area contributed by atoms with Crippen molar-refractivity contribution in [3.63, 3.8) is 0 Å². The Bertz CT molecular complexity index is 662. The van der Waals surface area contributed by atoms with Crippen molar-refractivity contribution in [2.24, 2.45) is 5.73 Å². The van der Waals surface area contributed by atoms with Crippen LogP contribution >= 0.6 is 27.3 Å². The summed E-state index contributed by atoms with van der Waals surface area (Å²) in [4.78, 5) is 16.1. The average Bonchev–Trinajstić information content (AvgIpc) is 2.90. The van der Waals surface area contributed by atoms with Gasteiger partial charge < -0.3 is 11.1 Å². The third-order valence-corrected chi connectivity index (χ3v) is 3.83. The molecule has 7 heteroatoms. The standard InChI is InChI=1S/C12H9BrN4OS/c13-8-3-7(4-14)1-2-9(8)17-12(18)10-6-19-11(5-15)16-10/h1-3,6H,5,15H2,(H,17,18). The fourth-order valence-corrected chi connectivity index (χ4v) is 2.51. The molecule has 0 saturated carbocycles. The molecular formula is C12H9BrN4OS. The lowest BCUT2D eigenvalue weighted by Crippen LogP contribution is -2.13. The van der Waals surface area contributed by atoms with E-state index >= 15 is 0 Å². The Morgan fingerprint density at radius 2 is 2.37 bits per heavy atom. The van der Waals surface area contributed by atoms with Crippen LogP contribution in [0, 0.1) is 11.3 Å². The quantitative estimate of drug-likeness (QED) is 0.900. The van der Waals surface area contributed by atoms with Gasteiger partial charge >= 0.3 is 0 Å². The summed E-state index contributed by atoms with van der Waals surface area (Å²) in [7, 11) is 0. The molecule has 1 amide bonds. The first-order valence-corrected chi connectivity index (χ1v) is 6.96. The zero-order valence-corrected chi connectivity index (χ0v) is 12.1. The van der Waals surface area contributed by atoms with Gasteiger partial charge in [-0.05, 0) is 34.1 Å².